The number of sulfonamides is 1. The molecule has 7 heteroatoms. The number of methoxy groups -OCH3 is 1. The van der Waals surface area contributed by atoms with Gasteiger partial charge in [0.2, 0.25) is 10.0 Å². The zero-order chi connectivity index (χ0) is 16.2. The van der Waals surface area contributed by atoms with Crippen LogP contribution in [0.3, 0.4) is 0 Å². The van der Waals surface area contributed by atoms with Crippen LogP contribution in [0.1, 0.15) is 37.7 Å². The lowest BCUT2D eigenvalue weighted by Crippen LogP contribution is -2.45. The van der Waals surface area contributed by atoms with E-state index in [1.807, 2.05) is 6.92 Å². The molecule has 1 saturated carbocycles. The van der Waals surface area contributed by atoms with Crippen LogP contribution in [-0.2, 0) is 10.0 Å². The SMILES string of the molecule is COc1ccc(S(=O)(=O)NC(CN)C2CCCCC2)cc1C.Cl. The Labute approximate surface area is 145 Å². The van der Waals surface area contributed by atoms with Crippen molar-refractivity contribution in [1.29, 1.82) is 0 Å². The first-order valence-electron chi connectivity index (χ1n) is 7.85. The van der Waals surface area contributed by atoms with E-state index >= 15 is 0 Å². The molecule has 132 valence electrons. The summed E-state index contributed by atoms with van der Waals surface area (Å²) in [5, 5.41) is 0. The van der Waals surface area contributed by atoms with Gasteiger partial charge >= 0.3 is 0 Å². The number of halogens is 1. The summed E-state index contributed by atoms with van der Waals surface area (Å²) in [6.45, 7) is 2.17. The van der Waals surface area contributed by atoms with Crippen LogP contribution in [0.15, 0.2) is 23.1 Å². The molecule has 0 aliphatic heterocycles. The number of nitrogens with two attached hydrogens (primary N) is 1. The molecule has 0 aromatic heterocycles. The fraction of sp³-hybridized carbons (Fsp3) is 0.625. The minimum absolute atomic E-state index is 0. The molecule has 1 aliphatic carbocycles. The average molecular weight is 363 g/mol. The topological polar surface area (TPSA) is 81.4 Å². The van der Waals surface area contributed by atoms with Gasteiger partial charge < -0.3 is 10.5 Å². The van der Waals surface area contributed by atoms with Crippen molar-refractivity contribution in [3.05, 3.63) is 23.8 Å². The summed E-state index contributed by atoms with van der Waals surface area (Å²) in [4.78, 5) is 0.264. The third-order valence-electron chi connectivity index (χ3n) is 4.46. The maximum atomic E-state index is 12.6. The van der Waals surface area contributed by atoms with E-state index in [0.717, 1.165) is 31.2 Å². The van der Waals surface area contributed by atoms with E-state index in [1.54, 1.807) is 25.3 Å². The number of benzene rings is 1. The number of aryl methyl sites for hydroxylation is 1. The first-order chi connectivity index (χ1) is 10.5. The highest BCUT2D eigenvalue weighted by Gasteiger charge is 2.27. The fourth-order valence-electron chi connectivity index (χ4n) is 3.16. The number of hydrogen-bond acceptors (Lipinski definition) is 4. The van der Waals surface area contributed by atoms with Crippen LogP contribution in [0.5, 0.6) is 5.75 Å². The van der Waals surface area contributed by atoms with Crippen molar-refractivity contribution in [3.63, 3.8) is 0 Å². The summed E-state index contributed by atoms with van der Waals surface area (Å²) < 4.78 is 33.2. The number of hydrogen-bond donors (Lipinski definition) is 2. The van der Waals surface area contributed by atoms with E-state index in [1.165, 1.54) is 6.42 Å². The van der Waals surface area contributed by atoms with Crippen molar-refractivity contribution in [2.45, 2.75) is 50.0 Å². The third kappa shape index (κ3) is 5.08. The Morgan fingerprint density at radius 3 is 2.48 bits per heavy atom. The predicted octanol–water partition coefficient (Wildman–Crippen LogP) is 2.61. The Hall–Kier alpha value is -0.820. The van der Waals surface area contributed by atoms with Gasteiger partial charge in [0.25, 0.3) is 0 Å². The fourth-order valence-corrected chi connectivity index (χ4v) is 4.56. The molecular weight excluding hydrogens is 336 g/mol. The second-order valence-corrected chi connectivity index (χ2v) is 7.71. The van der Waals surface area contributed by atoms with E-state index in [4.69, 9.17) is 10.5 Å². The van der Waals surface area contributed by atoms with Gasteiger partial charge in [-0.3, -0.25) is 0 Å². The average Bonchev–Trinajstić information content (AvgIpc) is 2.53. The van der Waals surface area contributed by atoms with Crippen molar-refractivity contribution < 1.29 is 13.2 Å². The smallest absolute Gasteiger partial charge is 0.240 e. The summed E-state index contributed by atoms with van der Waals surface area (Å²) in [7, 11) is -1.98. The Morgan fingerprint density at radius 1 is 1.30 bits per heavy atom. The zero-order valence-electron chi connectivity index (χ0n) is 13.7. The molecule has 5 nitrogen and oxygen atoms in total. The highest BCUT2D eigenvalue weighted by Crippen LogP contribution is 2.27. The zero-order valence-corrected chi connectivity index (χ0v) is 15.4. The predicted molar refractivity (Wildman–Crippen MR) is 94.7 cm³/mol. The lowest BCUT2D eigenvalue weighted by molar-refractivity contribution is 0.294. The maximum Gasteiger partial charge on any atom is 0.240 e. The Morgan fingerprint density at radius 2 is 1.96 bits per heavy atom. The van der Waals surface area contributed by atoms with Gasteiger partial charge in [-0.2, -0.15) is 0 Å². The van der Waals surface area contributed by atoms with E-state index in [2.05, 4.69) is 4.72 Å². The number of rotatable bonds is 6. The Kier molecular flexibility index (Phi) is 7.80. The maximum absolute atomic E-state index is 12.6. The highest BCUT2D eigenvalue weighted by molar-refractivity contribution is 7.89. The second-order valence-electron chi connectivity index (χ2n) is 5.99. The van der Waals surface area contributed by atoms with Crippen LogP contribution in [0.2, 0.25) is 0 Å². The van der Waals surface area contributed by atoms with E-state index in [-0.39, 0.29) is 23.3 Å². The molecule has 0 amide bonds. The van der Waals surface area contributed by atoms with E-state index < -0.39 is 10.0 Å². The lowest BCUT2D eigenvalue weighted by Gasteiger charge is -2.29. The van der Waals surface area contributed by atoms with Crippen LogP contribution in [0, 0.1) is 12.8 Å². The van der Waals surface area contributed by atoms with Crippen LogP contribution >= 0.6 is 12.4 Å². The van der Waals surface area contributed by atoms with Crippen LogP contribution < -0.4 is 15.2 Å². The van der Waals surface area contributed by atoms with Crippen molar-refractivity contribution >= 4 is 22.4 Å². The molecule has 1 fully saturated rings. The normalized spacial score (nSPS) is 17.3. The van der Waals surface area contributed by atoms with E-state index in [9.17, 15) is 8.42 Å². The van der Waals surface area contributed by atoms with E-state index in [0.29, 0.717) is 18.2 Å². The van der Waals surface area contributed by atoms with Crippen molar-refractivity contribution in [1.82, 2.24) is 4.72 Å². The number of nitrogens with one attached hydrogen (secondary N) is 1. The minimum atomic E-state index is -3.55. The molecule has 1 unspecified atom stereocenters. The molecule has 3 N–H and O–H groups in total. The molecule has 0 heterocycles. The molecule has 1 aliphatic rings. The molecule has 0 bridgehead atoms. The molecule has 1 aromatic carbocycles. The van der Waals surface area contributed by atoms with Gasteiger partial charge in [0, 0.05) is 12.6 Å². The summed E-state index contributed by atoms with van der Waals surface area (Å²) in [6, 6.07) is 4.70. The summed E-state index contributed by atoms with van der Waals surface area (Å²) in [6.07, 6.45) is 5.64. The second kappa shape index (κ2) is 8.87. The summed E-state index contributed by atoms with van der Waals surface area (Å²) in [5.41, 5.74) is 6.62. The van der Waals surface area contributed by atoms with Crippen molar-refractivity contribution in [3.8, 4) is 5.75 Å². The Bertz CT molecular complexity index is 601. The monoisotopic (exact) mass is 362 g/mol. The van der Waals surface area contributed by atoms with Gasteiger partial charge in [-0.15, -0.1) is 12.4 Å². The van der Waals surface area contributed by atoms with Crippen LogP contribution in [0.4, 0.5) is 0 Å². The van der Waals surface area contributed by atoms with Crippen LogP contribution in [-0.4, -0.2) is 28.1 Å². The molecular formula is C16H27ClN2O3S. The molecule has 0 spiro atoms. The van der Waals surface area contributed by atoms with Gasteiger partial charge in [-0.1, -0.05) is 19.3 Å². The van der Waals surface area contributed by atoms with Gasteiger partial charge in [-0.25, -0.2) is 13.1 Å². The Balaban J connectivity index is 0.00000264. The molecule has 1 atom stereocenters. The quantitative estimate of drug-likeness (QED) is 0.815. The number of ether oxygens (including phenoxy) is 1. The molecule has 2 rings (SSSR count). The lowest BCUT2D eigenvalue weighted by atomic mass is 9.84. The van der Waals surface area contributed by atoms with Crippen molar-refractivity contribution in [2.75, 3.05) is 13.7 Å². The van der Waals surface area contributed by atoms with Gasteiger partial charge in [0.05, 0.1) is 12.0 Å². The van der Waals surface area contributed by atoms with Crippen molar-refractivity contribution in [2.24, 2.45) is 11.7 Å². The van der Waals surface area contributed by atoms with Gasteiger partial charge in [0.1, 0.15) is 5.75 Å². The third-order valence-corrected chi connectivity index (χ3v) is 5.94. The largest absolute Gasteiger partial charge is 0.496 e. The summed E-state index contributed by atoms with van der Waals surface area (Å²) in [5.74, 6) is 1.02. The molecule has 23 heavy (non-hydrogen) atoms. The van der Waals surface area contributed by atoms with Gasteiger partial charge in [-0.05, 0) is 49.4 Å². The molecule has 0 radical (unpaired) electrons. The van der Waals surface area contributed by atoms with Gasteiger partial charge in [0.15, 0.2) is 0 Å². The summed E-state index contributed by atoms with van der Waals surface area (Å²) >= 11 is 0. The minimum Gasteiger partial charge on any atom is -0.496 e. The standard InChI is InChI=1S/C16H26N2O3S.ClH/c1-12-10-14(8-9-16(12)21-2)22(19,20)18-15(11-17)13-6-4-3-5-7-13;/h8-10,13,15,18H,3-7,11,17H2,1-2H3;1H. The first kappa shape index (κ1) is 20.2. The highest BCUT2D eigenvalue weighted by atomic mass is 35.5. The first-order valence-corrected chi connectivity index (χ1v) is 9.33. The molecule has 1 aromatic rings. The molecule has 0 saturated heterocycles. The van der Waals surface area contributed by atoms with Crippen LogP contribution in [0.25, 0.3) is 0 Å².